The second-order valence-corrected chi connectivity index (χ2v) is 5.92. The first-order valence-electron chi connectivity index (χ1n) is 8.36. The fourth-order valence-corrected chi connectivity index (χ4v) is 1.79. The van der Waals surface area contributed by atoms with Crippen molar-refractivity contribution in [2.24, 2.45) is 0 Å². The SMILES string of the molecule is O=C(CCN(CCC(=O)OCC(F)(F)F)CCC(=O)OCC(F)(F)F)OCC(F)(F)F. The zero-order valence-corrected chi connectivity index (χ0v) is 15.7. The maximum Gasteiger partial charge on any atom is 0.422 e. The molecule has 0 aliphatic carbocycles. The second kappa shape index (κ2) is 12.6. The summed E-state index contributed by atoms with van der Waals surface area (Å²) in [5.74, 6) is -3.91. The standard InChI is InChI=1S/C15H18F9NO6/c16-13(17,18)7-29-10(26)1-4-25(5-2-11(27)30-8-14(19,20)21)6-3-12(28)31-9-15(22,23)24/h1-9H2. The van der Waals surface area contributed by atoms with Crippen LogP contribution in [0.15, 0.2) is 0 Å². The first-order valence-corrected chi connectivity index (χ1v) is 8.36. The number of carbonyl (C=O) groups excluding carboxylic acids is 3. The Labute approximate surface area is 169 Å². The van der Waals surface area contributed by atoms with Crippen molar-refractivity contribution in [1.82, 2.24) is 4.90 Å². The minimum Gasteiger partial charge on any atom is -0.456 e. The van der Waals surface area contributed by atoms with E-state index < -0.39 is 95.2 Å². The molecule has 0 aliphatic rings. The molecule has 0 aromatic carbocycles. The van der Waals surface area contributed by atoms with Crippen LogP contribution in [0.3, 0.4) is 0 Å². The van der Waals surface area contributed by atoms with Crippen LogP contribution in [0.25, 0.3) is 0 Å². The molecule has 0 N–H and O–H groups in total. The second-order valence-electron chi connectivity index (χ2n) is 5.92. The van der Waals surface area contributed by atoms with Gasteiger partial charge in [0, 0.05) is 19.6 Å². The molecule has 0 saturated heterocycles. The topological polar surface area (TPSA) is 82.1 Å². The lowest BCUT2D eigenvalue weighted by Crippen LogP contribution is -2.33. The number of halogens is 9. The van der Waals surface area contributed by atoms with Gasteiger partial charge in [-0.05, 0) is 0 Å². The van der Waals surface area contributed by atoms with Crippen molar-refractivity contribution in [1.29, 1.82) is 0 Å². The number of hydrogen-bond donors (Lipinski definition) is 0. The van der Waals surface area contributed by atoms with Crippen LogP contribution in [-0.4, -0.2) is 80.8 Å². The van der Waals surface area contributed by atoms with Crippen LogP contribution in [0.2, 0.25) is 0 Å². The van der Waals surface area contributed by atoms with Crippen molar-refractivity contribution in [2.75, 3.05) is 39.5 Å². The van der Waals surface area contributed by atoms with Crippen LogP contribution in [-0.2, 0) is 28.6 Å². The minimum absolute atomic E-state index is 0.407. The molecule has 0 aromatic rings. The third-order valence-electron chi connectivity index (χ3n) is 3.09. The summed E-state index contributed by atoms with van der Waals surface area (Å²) >= 11 is 0. The van der Waals surface area contributed by atoms with Gasteiger partial charge >= 0.3 is 36.4 Å². The maximum atomic E-state index is 12.0. The average Bonchev–Trinajstić information content (AvgIpc) is 2.60. The Morgan fingerprint density at radius 2 is 0.742 bits per heavy atom. The lowest BCUT2D eigenvalue weighted by Gasteiger charge is -2.21. The molecule has 0 saturated carbocycles. The number of rotatable bonds is 12. The summed E-state index contributed by atoms with van der Waals surface area (Å²) in [6.07, 6.45) is -16.3. The highest BCUT2D eigenvalue weighted by Gasteiger charge is 2.31. The van der Waals surface area contributed by atoms with E-state index in [9.17, 15) is 53.9 Å². The molecule has 0 heterocycles. The van der Waals surface area contributed by atoms with Crippen LogP contribution >= 0.6 is 0 Å². The van der Waals surface area contributed by atoms with Crippen LogP contribution in [0, 0.1) is 0 Å². The average molecular weight is 479 g/mol. The number of carbonyl (C=O) groups is 3. The van der Waals surface area contributed by atoms with E-state index >= 15 is 0 Å². The summed E-state index contributed by atoms with van der Waals surface area (Å²) in [7, 11) is 0. The highest BCUT2D eigenvalue weighted by Crippen LogP contribution is 2.16. The molecule has 0 radical (unpaired) electrons. The predicted molar refractivity (Wildman–Crippen MR) is 81.3 cm³/mol. The van der Waals surface area contributed by atoms with Crippen LogP contribution in [0.1, 0.15) is 19.3 Å². The van der Waals surface area contributed by atoms with Crippen LogP contribution in [0.5, 0.6) is 0 Å². The van der Waals surface area contributed by atoms with E-state index in [4.69, 9.17) is 0 Å². The van der Waals surface area contributed by atoms with E-state index in [0.29, 0.717) is 0 Å². The van der Waals surface area contributed by atoms with Gasteiger partial charge in [-0.15, -0.1) is 0 Å². The van der Waals surface area contributed by atoms with Crippen molar-refractivity contribution in [3.8, 4) is 0 Å². The Bertz CT molecular complexity index is 508. The monoisotopic (exact) mass is 479 g/mol. The van der Waals surface area contributed by atoms with E-state index in [1.165, 1.54) is 0 Å². The number of nitrogens with zero attached hydrogens (tertiary/aromatic N) is 1. The Morgan fingerprint density at radius 3 is 0.935 bits per heavy atom. The normalized spacial score (nSPS) is 12.6. The molecule has 0 bridgehead atoms. The molecule has 31 heavy (non-hydrogen) atoms. The fourth-order valence-electron chi connectivity index (χ4n) is 1.79. The molecule has 16 heteroatoms. The minimum atomic E-state index is -4.78. The molecular weight excluding hydrogens is 461 g/mol. The van der Waals surface area contributed by atoms with E-state index in [2.05, 4.69) is 14.2 Å². The molecule has 0 atom stereocenters. The summed E-state index contributed by atoms with van der Waals surface area (Å²) in [4.78, 5) is 35.0. The quantitative estimate of drug-likeness (QED) is 0.242. The van der Waals surface area contributed by atoms with Crippen molar-refractivity contribution >= 4 is 17.9 Å². The Kier molecular flexibility index (Phi) is 11.6. The number of alkyl halides is 9. The molecule has 7 nitrogen and oxygen atoms in total. The van der Waals surface area contributed by atoms with Gasteiger partial charge in [0.1, 0.15) is 0 Å². The summed E-state index contributed by atoms with van der Waals surface area (Å²) in [5.41, 5.74) is 0. The highest BCUT2D eigenvalue weighted by atomic mass is 19.4. The van der Waals surface area contributed by atoms with Gasteiger partial charge in [0.2, 0.25) is 0 Å². The Morgan fingerprint density at radius 1 is 0.516 bits per heavy atom. The molecule has 0 rings (SSSR count). The zero-order chi connectivity index (χ0) is 24.3. The van der Waals surface area contributed by atoms with Gasteiger partial charge in [0.15, 0.2) is 19.8 Å². The van der Waals surface area contributed by atoms with Gasteiger partial charge in [-0.25, -0.2) is 0 Å². The Balaban J connectivity index is 4.64. The largest absolute Gasteiger partial charge is 0.456 e. The molecule has 182 valence electrons. The van der Waals surface area contributed by atoms with E-state index in [1.54, 1.807) is 0 Å². The van der Waals surface area contributed by atoms with Crippen molar-refractivity contribution in [3.05, 3.63) is 0 Å². The number of esters is 3. The predicted octanol–water partition coefficient (Wildman–Crippen LogP) is 2.78. The summed E-state index contributed by atoms with van der Waals surface area (Å²) in [6, 6.07) is 0. The fraction of sp³-hybridized carbons (Fsp3) is 0.800. The van der Waals surface area contributed by atoms with Gasteiger partial charge in [-0.3, -0.25) is 14.4 Å². The van der Waals surface area contributed by atoms with Gasteiger partial charge in [-0.1, -0.05) is 0 Å². The number of ether oxygens (including phenoxy) is 3. The smallest absolute Gasteiger partial charge is 0.422 e. The van der Waals surface area contributed by atoms with E-state index in [-0.39, 0.29) is 0 Å². The molecule has 0 aromatic heterocycles. The number of hydrogen-bond acceptors (Lipinski definition) is 7. The zero-order valence-electron chi connectivity index (χ0n) is 15.7. The van der Waals surface area contributed by atoms with Crippen LogP contribution < -0.4 is 0 Å². The van der Waals surface area contributed by atoms with Gasteiger partial charge in [0.05, 0.1) is 19.3 Å². The van der Waals surface area contributed by atoms with Crippen molar-refractivity contribution < 1.29 is 68.1 Å². The molecule has 0 unspecified atom stereocenters. The van der Waals surface area contributed by atoms with E-state index in [1.807, 2.05) is 0 Å². The van der Waals surface area contributed by atoms with Gasteiger partial charge in [0.25, 0.3) is 0 Å². The molecule has 0 fully saturated rings. The van der Waals surface area contributed by atoms with Crippen molar-refractivity contribution in [2.45, 2.75) is 37.8 Å². The first-order chi connectivity index (χ1) is 14.0. The summed E-state index contributed by atoms with van der Waals surface area (Å²) < 4.78 is 120. The molecular formula is C15H18F9NO6. The first kappa shape index (κ1) is 28.7. The summed E-state index contributed by atoms with van der Waals surface area (Å²) in [6.45, 7) is -6.81. The lowest BCUT2D eigenvalue weighted by atomic mass is 10.3. The van der Waals surface area contributed by atoms with Crippen LogP contribution in [0.4, 0.5) is 39.5 Å². The molecule has 0 amide bonds. The maximum absolute atomic E-state index is 12.0. The summed E-state index contributed by atoms with van der Waals surface area (Å²) in [5, 5.41) is 0. The Hall–Kier alpha value is -2.26. The van der Waals surface area contributed by atoms with E-state index in [0.717, 1.165) is 4.90 Å². The highest BCUT2D eigenvalue weighted by molar-refractivity contribution is 5.71. The molecule has 0 aliphatic heterocycles. The van der Waals surface area contributed by atoms with Gasteiger partial charge in [-0.2, -0.15) is 39.5 Å². The molecule has 0 spiro atoms. The van der Waals surface area contributed by atoms with Gasteiger partial charge < -0.3 is 19.1 Å². The van der Waals surface area contributed by atoms with Crippen molar-refractivity contribution in [3.63, 3.8) is 0 Å². The third-order valence-corrected chi connectivity index (χ3v) is 3.09. The third kappa shape index (κ3) is 19.4. The lowest BCUT2D eigenvalue weighted by molar-refractivity contribution is -0.187.